The molecule has 0 radical (unpaired) electrons. The van der Waals surface area contributed by atoms with E-state index in [1.54, 1.807) is 0 Å². The molecule has 1 saturated heterocycles. The van der Waals surface area contributed by atoms with Crippen LogP contribution in [-0.4, -0.2) is 33.4 Å². The molecule has 18 heavy (non-hydrogen) atoms. The van der Waals surface area contributed by atoms with Gasteiger partial charge in [-0.05, 0) is 13.8 Å². The minimum Gasteiger partial charge on any atom is -0.340 e. The minimum absolute atomic E-state index is 0.0100. The lowest BCUT2D eigenvalue weighted by atomic mass is 10.0. The van der Waals surface area contributed by atoms with Gasteiger partial charge >= 0.3 is 0 Å². The number of hydrogen-bond acceptors (Lipinski definition) is 3. The maximum absolute atomic E-state index is 11.8. The Morgan fingerprint density at radius 1 is 1.56 bits per heavy atom. The van der Waals surface area contributed by atoms with E-state index in [-0.39, 0.29) is 29.3 Å². The van der Waals surface area contributed by atoms with Crippen LogP contribution < -0.4 is 5.56 Å². The van der Waals surface area contributed by atoms with E-state index in [1.165, 1.54) is 6.07 Å². The predicted octanol–water partition coefficient (Wildman–Crippen LogP) is 1.23. The van der Waals surface area contributed by atoms with Crippen LogP contribution in [0.1, 0.15) is 37.7 Å². The number of hydrogen-bond donors (Lipinski definition) is 1. The van der Waals surface area contributed by atoms with Gasteiger partial charge in [0.15, 0.2) is 0 Å². The van der Waals surface area contributed by atoms with Gasteiger partial charge in [-0.1, -0.05) is 0 Å². The molecule has 1 aromatic heterocycles. The molecule has 98 valence electrons. The summed E-state index contributed by atoms with van der Waals surface area (Å²) in [7, 11) is 0. The summed E-state index contributed by atoms with van der Waals surface area (Å²) in [5.41, 5.74) is 0.442. The molecule has 1 N–H and O–H groups in total. The number of aromatic amines is 1. The fraction of sp³-hybridized carbons (Fsp3) is 0.583. The second kappa shape index (κ2) is 5.10. The number of halogens is 1. The van der Waals surface area contributed by atoms with Crippen molar-refractivity contribution in [3.63, 3.8) is 0 Å². The molecule has 0 aromatic carbocycles. The Balaban J connectivity index is 2.26. The van der Waals surface area contributed by atoms with Gasteiger partial charge in [-0.2, -0.15) is 0 Å². The lowest BCUT2D eigenvalue weighted by Crippen LogP contribution is -2.32. The normalized spacial score (nSPS) is 19.9. The quantitative estimate of drug-likeness (QED) is 0.840. The Labute approximate surface area is 110 Å². The molecule has 0 saturated carbocycles. The Hall–Kier alpha value is -1.36. The largest absolute Gasteiger partial charge is 0.340 e. The van der Waals surface area contributed by atoms with Crippen LogP contribution in [0, 0.1) is 0 Å². The van der Waals surface area contributed by atoms with E-state index in [4.69, 9.17) is 11.6 Å². The van der Waals surface area contributed by atoms with Crippen molar-refractivity contribution in [2.75, 3.05) is 6.54 Å². The Morgan fingerprint density at radius 2 is 2.28 bits per heavy atom. The number of alkyl halides is 1. The fourth-order valence-electron chi connectivity index (χ4n) is 2.23. The van der Waals surface area contributed by atoms with Crippen molar-refractivity contribution in [2.24, 2.45) is 0 Å². The van der Waals surface area contributed by atoms with Crippen molar-refractivity contribution in [3.05, 3.63) is 27.9 Å². The van der Waals surface area contributed by atoms with E-state index in [9.17, 15) is 9.59 Å². The highest BCUT2D eigenvalue weighted by molar-refractivity contribution is 6.16. The van der Waals surface area contributed by atoms with Gasteiger partial charge in [0.2, 0.25) is 5.91 Å². The summed E-state index contributed by atoms with van der Waals surface area (Å²) in [6.45, 7) is 4.58. The summed E-state index contributed by atoms with van der Waals surface area (Å²) in [4.78, 5) is 32.0. The highest BCUT2D eigenvalue weighted by Crippen LogP contribution is 2.27. The summed E-state index contributed by atoms with van der Waals surface area (Å²) in [5.74, 6) is 0.723. The van der Waals surface area contributed by atoms with Gasteiger partial charge < -0.3 is 9.88 Å². The second-order valence-corrected chi connectivity index (χ2v) is 5.06. The SMILES string of the molecule is CC(C)N1C[C@H](c2cc(=O)[nH]c(CCl)n2)CC1=O. The molecular formula is C12H16ClN3O2. The molecule has 5 nitrogen and oxygen atoms in total. The van der Waals surface area contributed by atoms with Crippen molar-refractivity contribution in [1.82, 2.24) is 14.9 Å². The van der Waals surface area contributed by atoms with Crippen LogP contribution in [0.2, 0.25) is 0 Å². The summed E-state index contributed by atoms with van der Waals surface area (Å²) >= 11 is 5.68. The summed E-state index contributed by atoms with van der Waals surface area (Å²) in [6.07, 6.45) is 0.413. The van der Waals surface area contributed by atoms with Crippen LogP contribution in [-0.2, 0) is 10.7 Å². The second-order valence-electron chi connectivity index (χ2n) is 4.79. The van der Waals surface area contributed by atoms with Crippen molar-refractivity contribution < 1.29 is 4.79 Å². The first kappa shape index (κ1) is 13.1. The van der Waals surface area contributed by atoms with Gasteiger partial charge in [0.1, 0.15) is 5.82 Å². The number of aromatic nitrogens is 2. The molecule has 1 aliphatic rings. The molecule has 0 spiro atoms. The van der Waals surface area contributed by atoms with Gasteiger partial charge in [0, 0.05) is 31.0 Å². The molecule has 1 atom stereocenters. The van der Waals surface area contributed by atoms with E-state index in [2.05, 4.69) is 9.97 Å². The van der Waals surface area contributed by atoms with Crippen LogP contribution >= 0.6 is 11.6 Å². The molecule has 2 heterocycles. The van der Waals surface area contributed by atoms with Gasteiger partial charge in [-0.15, -0.1) is 11.6 Å². The van der Waals surface area contributed by atoms with E-state index in [0.717, 1.165) is 0 Å². The van der Waals surface area contributed by atoms with Gasteiger partial charge in [-0.3, -0.25) is 9.59 Å². The van der Waals surface area contributed by atoms with Crippen molar-refractivity contribution in [2.45, 2.75) is 38.1 Å². The lowest BCUT2D eigenvalue weighted by molar-refractivity contribution is -0.129. The molecular weight excluding hydrogens is 254 g/mol. The maximum Gasteiger partial charge on any atom is 0.251 e. The Morgan fingerprint density at radius 3 is 2.83 bits per heavy atom. The third kappa shape index (κ3) is 2.56. The number of carbonyl (C=O) groups is 1. The van der Waals surface area contributed by atoms with Crippen LogP contribution in [0.3, 0.4) is 0 Å². The Kier molecular flexibility index (Phi) is 3.71. The van der Waals surface area contributed by atoms with E-state index in [0.29, 0.717) is 24.5 Å². The Bertz CT molecular complexity index is 512. The number of amides is 1. The molecule has 6 heteroatoms. The zero-order valence-corrected chi connectivity index (χ0v) is 11.2. The highest BCUT2D eigenvalue weighted by Gasteiger charge is 2.33. The smallest absolute Gasteiger partial charge is 0.251 e. The number of likely N-dealkylation sites (tertiary alicyclic amines) is 1. The molecule has 0 aliphatic carbocycles. The highest BCUT2D eigenvalue weighted by atomic mass is 35.5. The third-order valence-corrected chi connectivity index (χ3v) is 3.39. The van der Waals surface area contributed by atoms with Gasteiger partial charge in [0.25, 0.3) is 5.56 Å². The van der Waals surface area contributed by atoms with E-state index >= 15 is 0 Å². The van der Waals surface area contributed by atoms with Crippen LogP contribution in [0.15, 0.2) is 10.9 Å². The van der Waals surface area contributed by atoms with Crippen molar-refractivity contribution in [3.8, 4) is 0 Å². The molecule has 0 unspecified atom stereocenters. The van der Waals surface area contributed by atoms with Crippen molar-refractivity contribution in [1.29, 1.82) is 0 Å². The third-order valence-electron chi connectivity index (χ3n) is 3.14. The standard InChI is InChI=1S/C12H16ClN3O2/c1-7(2)16-6-8(3-12(16)18)9-4-11(17)15-10(5-13)14-9/h4,7-8H,3,5-6H2,1-2H3,(H,14,15,17)/t8-/m1/s1. The number of rotatable bonds is 3. The summed E-state index contributed by atoms with van der Waals surface area (Å²) < 4.78 is 0. The van der Waals surface area contributed by atoms with Gasteiger partial charge in [-0.25, -0.2) is 4.98 Å². The van der Waals surface area contributed by atoms with Crippen LogP contribution in [0.25, 0.3) is 0 Å². The van der Waals surface area contributed by atoms with Crippen LogP contribution in [0.4, 0.5) is 0 Å². The molecule has 0 bridgehead atoms. The molecule has 2 rings (SSSR count). The summed E-state index contributed by atoms with van der Waals surface area (Å²) in [6, 6.07) is 1.63. The van der Waals surface area contributed by atoms with Crippen molar-refractivity contribution >= 4 is 17.5 Å². The van der Waals surface area contributed by atoms with E-state index in [1.807, 2.05) is 18.7 Å². The topological polar surface area (TPSA) is 66.1 Å². The predicted molar refractivity (Wildman–Crippen MR) is 68.6 cm³/mol. The van der Waals surface area contributed by atoms with Gasteiger partial charge in [0.05, 0.1) is 11.6 Å². The average Bonchev–Trinajstić information content (AvgIpc) is 2.70. The monoisotopic (exact) mass is 269 g/mol. The first-order chi connectivity index (χ1) is 8.51. The maximum atomic E-state index is 11.8. The molecule has 1 aliphatic heterocycles. The summed E-state index contributed by atoms with van der Waals surface area (Å²) in [5, 5.41) is 0. The molecule has 1 amide bonds. The first-order valence-electron chi connectivity index (χ1n) is 5.97. The average molecular weight is 270 g/mol. The minimum atomic E-state index is -0.217. The first-order valence-corrected chi connectivity index (χ1v) is 6.50. The van der Waals surface area contributed by atoms with E-state index < -0.39 is 0 Å². The number of H-pyrrole nitrogens is 1. The lowest BCUT2D eigenvalue weighted by Gasteiger charge is -2.20. The number of nitrogens with zero attached hydrogens (tertiary/aromatic N) is 2. The number of carbonyl (C=O) groups excluding carboxylic acids is 1. The number of nitrogens with one attached hydrogen (secondary N) is 1. The van der Waals surface area contributed by atoms with Crippen LogP contribution in [0.5, 0.6) is 0 Å². The fourth-order valence-corrected chi connectivity index (χ4v) is 2.36. The zero-order valence-electron chi connectivity index (χ0n) is 10.4. The molecule has 1 fully saturated rings. The zero-order chi connectivity index (χ0) is 13.3. The molecule has 1 aromatic rings.